The van der Waals surface area contributed by atoms with Crippen LogP contribution in [0.1, 0.15) is 30.6 Å². The zero-order chi connectivity index (χ0) is 19.4. The van der Waals surface area contributed by atoms with Crippen LogP contribution in [0.3, 0.4) is 0 Å². The van der Waals surface area contributed by atoms with Gasteiger partial charge in [0.1, 0.15) is 5.82 Å². The number of urea groups is 1. The fraction of sp³-hybridized carbons (Fsp3) is 0.350. The molecule has 142 valence electrons. The molecule has 1 aromatic heterocycles. The number of aliphatic carboxylic acids is 1. The van der Waals surface area contributed by atoms with E-state index in [0.717, 1.165) is 0 Å². The summed E-state index contributed by atoms with van der Waals surface area (Å²) in [4.78, 5) is 30.0. The summed E-state index contributed by atoms with van der Waals surface area (Å²) >= 11 is 0. The third-order valence-electron chi connectivity index (χ3n) is 4.73. The molecule has 0 radical (unpaired) electrons. The van der Waals surface area contributed by atoms with Gasteiger partial charge in [-0.3, -0.25) is 9.78 Å². The molecular formula is C20H22FN3O3. The number of benzene rings is 1. The van der Waals surface area contributed by atoms with E-state index in [1.54, 1.807) is 36.5 Å². The SMILES string of the molecule is CC1CC(C(=O)O)CN(C(=O)NC(c2cccc(F)c2)c2ccccn2)C1. The maximum absolute atomic E-state index is 13.7. The van der Waals surface area contributed by atoms with E-state index in [9.17, 15) is 19.1 Å². The van der Waals surface area contributed by atoms with Crippen LogP contribution in [0.4, 0.5) is 9.18 Å². The van der Waals surface area contributed by atoms with E-state index in [-0.39, 0.29) is 18.5 Å². The highest BCUT2D eigenvalue weighted by molar-refractivity contribution is 5.77. The Morgan fingerprint density at radius 1 is 1.26 bits per heavy atom. The molecule has 7 heteroatoms. The molecule has 3 rings (SSSR count). The molecular weight excluding hydrogens is 349 g/mol. The van der Waals surface area contributed by atoms with Crippen LogP contribution in [0, 0.1) is 17.7 Å². The molecule has 1 aliphatic heterocycles. The van der Waals surface area contributed by atoms with Gasteiger partial charge in [0, 0.05) is 19.3 Å². The molecule has 0 spiro atoms. The summed E-state index contributed by atoms with van der Waals surface area (Å²) in [5, 5.41) is 12.2. The van der Waals surface area contributed by atoms with Crippen LogP contribution >= 0.6 is 0 Å². The molecule has 2 N–H and O–H groups in total. The number of halogens is 1. The second-order valence-electron chi connectivity index (χ2n) is 6.97. The van der Waals surface area contributed by atoms with E-state index in [1.807, 2.05) is 6.92 Å². The average Bonchev–Trinajstić information content (AvgIpc) is 2.66. The number of hydrogen-bond acceptors (Lipinski definition) is 3. The minimum absolute atomic E-state index is 0.0908. The first kappa shape index (κ1) is 18.8. The number of nitrogens with zero attached hydrogens (tertiary/aromatic N) is 2. The molecule has 0 bridgehead atoms. The number of likely N-dealkylation sites (tertiary alicyclic amines) is 1. The Labute approximate surface area is 157 Å². The molecule has 2 heterocycles. The Bertz CT molecular complexity index is 815. The second-order valence-corrected chi connectivity index (χ2v) is 6.97. The number of carboxylic acid groups (broad SMARTS) is 1. The number of pyridine rings is 1. The predicted octanol–water partition coefficient (Wildman–Crippen LogP) is 3.06. The summed E-state index contributed by atoms with van der Waals surface area (Å²) in [7, 11) is 0. The monoisotopic (exact) mass is 371 g/mol. The van der Waals surface area contributed by atoms with Crippen LogP contribution in [0.15, 0.2) is 48.7 Å². The molecule has 6 nitrogen and oxygen atoms in total. The lowest BCUT2D eigenvalue weighted by Gasteiger charge is -2.35. The van der Waals surface area contributed by atoms with Crippen molar-refractivity contribution in [3.05, 3.63) is 65.7 Å². The number of rotatable bonds is 4. The first-order chi connectivity index (χ1) is 12.9. The highest BCUT2D eigenvalue weighted by atomic mass is 19.1. The number of nitrogens with one attached hydrogen (secondary N) is 1. The van der Waals surface area contributed by atoms with Gasteiger partial charge in [0.15, 0.2) is 0 Å². The van der Waals surface area contributed by atoms with Crippen molar-refractivity contribution >= 4 is 12.0 Å². The third kappa shape index (κ3) is 4.61. The molecule has 1 aliphatic rings. The zero-order valence-electron chi connectivity index (χ0n) is 15.0. The Hall–Kier alpha value is -2.96. The van der Waals surface area contributed by atoms with Crippen LogP contribution < -0.4 is 5.32 Å². The van der Waals surface area contributed by atoms with Crippen LogP contribution in [0.5, 0.6) is 0 Å². The van der Waals surface area contributed by atoms with Gasteiger partial charge < -0.3 is 15.3 Å². The van der Waals surface area contributed by atoms with E-state index < -0.39 is 23.7 Å². The van der Waals surface area contributed by atoms with Crippen molar-refractivity contribution < 1.29 is 19.1 Å². The first-order valence-corrected chi connectivity index (χ1v) is 8.88. The van der Waals surface area contributed by atoms with Crippen molar-refractivity contribution in [2.75, 3.05) is 13.1 Å². The van der Waals surface area contributed by atoms with Crippen molar-refractivity contribution in [3.8, 4) is 0 Å². The normalized spacial score (nSPS) is 20.7. The van der Waals surface area contributed by atoms with Gasteiger partial charge in [-0.2, -0.15) is 0 Å². The Balaban J connectivity index is 1.83. The number of carbonyl (C=O) groups is 2. The summed E-state index contributed by atoms with van der Waals surface area (Å²) < 4.78 is 13.7. The Morgan fingerprint density at radius 3 is 2.74 bits per heavy atom. The Kier molecular flexibility index (Phi) is 5.69. The highest BCUT2D eigenvalue weighted by Gasteiger charge is 2.33. The second kappa shape index (κ2) is 8.16. The summed E-state index contributed by atoms with van der Waals surface area (Å²) in [6.07, 6.45) is 2.16. The summed E-state index contributed by atoms with van der Waals surface area (Å²) in [6.45, 7) is 2.56. The molecule has 1 fully saturated rings. The molecule has 27 heavy (non-hydrogen) atoms. The summed E-state index contributed by atoms with van der Waals surface area (Å²) in [5.41, 5.74) is 1.15. The lowest BCUT2D eigenvalue weighted by Crippen LogP contribution is -2.50. The molecule has 3 atom stereocenters. The number of carbonyl (C=O) groups excluding carboxylic acids is 1. The van der Waals surface area contributed by atoms with Crippen LogP contribution in [-0.4, -0.2) is 40.1 Å². The molecule has 1 saturated heterocycles. The maximum atomic E-state index is 13.7. The number of amides is 2. The first-order valence-electron chi connectivity index (χ1n) is 8.88. The minimum atomic E-state index is -0.897. The van der Waals surface area contributed by atoms with Crippen molar-refractivity contribution in [1.29, 1.82) is 0 Å². The lowest BCUT2D eigenvalue weighted by molar-refractivity contribution is -0.143. The van der Waals surface area contributed by atoms with Gasteiger partial charge in [-0.15, -0.1) is 0 Å². The zero-order valence-corrected chi connectivity index (χ0v) is 15.0. The Morgan fingerprint density at radius 2 is 2.07 bits per heavy atom. The molecule has 3 unspecified atom stereocenters. The van der Waals surface area contributed by atoms with Gasteiger partial charge in [0.2, 0.25) is 0 Å². The number of piperidine rings is 1. The van der Waals surface area contributed by atoms with Gasteiger partial charge in [-0.25, -0.2) is 9.18 Å². The molecule has 0 saturated carbocycles. The van der Waals surface area contributed by atoms with Gasteiger partial charge in [0.25, 0.3) is 0 Å². The van der Waals surface area contributed by atoms with Gasteiger partial charge in [0.05, 0.1) is 17.7 Å². The number of hydrogen-bond donors (Lipinski definition) is 2. The average molecular weight is 371 g/mol. The van der Waals surface area contributed by atoms with Gasteiger partial charge >= 0.3 is 12.0 Å². The van der Waals surface area contributed by atoms with Crippen LogP contribution in [-0.2, 0) is 4.79 Å². The van der Waals surface area contributed by atoms with Crippen molar-refractivity contribution in [1.82, 2.24) is 15.2 Å². The number of carboxylic acids is 1. The number of aromatic nitrogens is 1. The highest BCUT2D eigenvalue weighted by Crippen LogP contribution is 2.24. The largest absolute Gasteiger partial charge is 0.481 e. The smallest absolute Gasteiger partial charge is 0.318 e. The predicted molar refractivity (Wildman–Crippen MR) is 97.5 cm³/mol. The van der Waals surface area contributed by atoms with E-state index in [2.05, 4.69) is 10.3 Å². The standard InChI is InChI=1S/C20H22FN3O3/c1-13-9-15(19(25)26)12-24(11-13)20(27)23-18(17-7-2-3-8-22-17)14-5-4-6-16(21)10-14/h2-8,10,13,15,18H,9,11-12H2,1H3,(H,23,27)(H,25,26). The van der Waals surface area contributed by atoms with Crippen LogP contribution in [0.2, 0.25) is 0 Å². The molecule has 0 aliphatic carbocycles. The molecule has 2 aromatic rings. The third-order valence-corrected chi connectivity index (χ3v) is 4.73. The summed E-state index contributed by atoms with van der Waals surface area (Å²) in [6, 6.07) is 10.3. The van der Waals surface area contributed by atoms with E-state index in [0.29, 0.717) is 24.2 Å². The van der Waals surface area contributed by atoms with Crippen molar-refractivity contribution in [2.45, 2.75) is 19.4 Å². The van der Waals surface area contributed by atoms with E-state index in [1.165, 1.54) is 17.0 Å². The fourth-order valence-electron chi connectivity index (χ4n) is 3.47. The van der Waals surface area contributed by atoms with Crippen LogP contribution in [0.25, 0.3) is 0 Å². The fourth-order valence-corrected chi connectivity index (χ4v) is 3.47. The molecule has 1 aromatic carbocycles. The molecule has 2 amide bonds. The van der Waals surface area contributed by atoms with Crippen molar-refractivity contribution in [2.24, 2.45) is 11.8 Å². The minimum Gasteiger partial charge on any atom is -0.481 e. The van der Waals surface area contributed by atoms with Gasteiger partial charge in [-0.1, -0.05) is 25.1 Å². The topological polar surface area (TPSA) is 82.5 Å². The van der Waals surface area contributed by atoms with E-state index >= 15 is 0 Å². The quantitative estimate of drug-likeness (QED) is 0.865. The van der Waals surface area contributed by atoms with Gasteiger partial charge in [-0.05, 0) is 42.2 Å². The summed E-state index contributed by atoms with van der Waals surface area (Å²) in [5.74, 6) is -1.79. The van der Waals surface area contributed by atoms with E-state index in [4.69, 9.17) is 0 Å². The maximum Gasteiger partial charge on any atom is 0.318 e. The lowest BCUT2D eigenvalue weighted by atomic mass is 9.91. The van der Waals surface area contributed by atoms with Crippen molar-refractivity contribution in [3.63, 3.8) is 0 Å².